The lowest BCUT2D eigenvalue weighted by molar-refractivity contribution is 0.0939. The Hall–Kier alpha value is -0.580. The molecule has 1 aliphatic rings. The van der Waals surface area contributed by atoms with Gasteiger partial charge in [-0.05, 0) is 25.0 Å². The third-order valence-corrected chi connectivity index (χ3v) is 3.94. The number of hydrogen-bond donors (Lipinski definition) is 2. The van der Waals surface area contributed by atoms with Crippen molar-refractivity contribution in [2.24, 2.45) is 5.41 Å². The molecule has 2 rings (SSSR count). The Bertz CT molecular complexity index is 373. The van der Waals surface area contributed by atoms with Crippen LogP contribution in [0.5, 0.6) is 0 Å². The molecule has 0 bridgehead atoms. The topological polar surface area (TPSA) is 49.3 Å². The van der Waals surface area contributed by atoms with Gasteiger partial charge >= 0.3 is 0 Å². The lowest BCUT2D eigenvalue weighted by atomic mass is 10.1. The smallest absolute Gasteiger partial charge is 0.261 e. The summed E-state index contributed by atoms with van der Waals surface area (Å²) in [6, 6.07) is 3.42. The van der Waals surface area contributed by atoms with E-state index in [2.05, 4.69) is 5.32 Å². The van der Waals surface area contributed by atoms with Gasteiger partial charge in [-0.15, -0.1) is 11.3 Å². The Balaban J connectivity index is 1.88. The molecule has 1 aromatic rings. The lowest BCUT2D eigenvalue weighted by Crippen LogP contribution is -2.31. The number of carbonyl (C=O) groups excluding carboxylic acids is 1. The van der Waals surface area contributed by atoms with Crippen LogP contribution in [0.25, 0.3) is 0 Å². The van der Waals surface area contributed by atoms with Crippen molar-refractivity contribution in [2.75, 3.05) is 13.2 Å². The number of nitrogens with one attached hydrogen (secondary N) is 1. The van der Waals surface area contributed by atoms with E-state index >= 15 is 0 Å². The van der Waals surface area contributed by atoms with Crippen molar-refractivity contribution in [3.05, 3.63) is 21.3 Å². The van der Waals surface area contributed by atoms with Crippen molar-refractivity contribution < 1.29 is 9.90 Å². The van der Waals surface area contributed by atoms with E-state index < -0.39 is 0 Å². The molecular formula is C10H12ClNO2S. The van der Waals surface area contributed by atoms with Gasteiger partial charge < -0.3 is 10.4 Å². The lowest BCUT2D eigenvalue weighted by Gasteiger charge is -2.11. The quantitative estimate of drug-likeness (QED) is 0.851. The van der Waals surface area contributed by atoms with Gasteiger partial charge in [-0.25, -0.2) is 0 Å². The Labute approximate surface area is 97.1 Å². The van der Waals surface area contributed by atoms with Gasteiger partial charge in [0.25, 0.3) is 5.91 Å². The van der Waals surface area contributed by atoms with Crippen LogP contribution in [0.2, 0.25) is 4.34 Å². The SMILES string of the molecule is O=C(NCC1(CO)CC1)c1ccc(Cl)s1. The monoisotopic (exact) mass is 245 g/mol. The number of carbonyl (C=O) groups is 1. The third-order valence-electron chi connectivity index (χ3n) is 2.71. The van der Waals surface area contributed by atoms with E-state index in [0.717, 1.165) is 12.8 Å². The van der Waals surface area contributed by atoms with Gasteiger partial charge in [-0.1, -0.05) is 11.6 Å². The van der Waals surface area contributed by atoms with E-state index in [9.17, 15) is 4.79 Å². The molecule has 2 N–H and O–H groups in total. The molecule has 15 heavy (non-hydrogen) atoms. The summed E-state index contributed by atoms with van der Waals surface area (Å²) in [6.07, 6.45) is 1.99. The first-order chi connectivity index (χ1) is 7.15. The second-order valence-electron chi connectivity index (χ2n) is 3.94. The minimum Gasteiger partial charge on any atom is -0.396 e. The summed E-state index contributed by atoms with van der Waals surface area (Å²) >= 11 is 7.00. The summed E-state index contributed by atoms with van der Waals surface area (Å²) in [5, 5.41) is 11.9. The first-order valence-electron chi connectivity index (χ1n) is 4.80. The normalized spacial score (nSPS) is 17.5. The van der Waals surface area contributed by atoms with E-state index in [1.807, 2.05) is 0 Å². The average Bonchev–Trinajstić information content (AvgIpc) is 2.90. The number of hydrogen-bond acceptors (Lipinski definition) is 3. The highest BCUT2D eigenvalue weighted by Gasteiger charge is 2.42. The van der Waals surface area contributed by atoms with Gasteiger partial charge in [0, 0.05) is 12.0 Å². The maximum atomic E-state index is 11.6. The van der Waals surface area contributed by atoms with Gasteiger partial charge in [-0.2, -0.15) is 0 Å². The molecule has 1 aliphatic carbocycles. The van der Waals surface area contributed by atoms with Crippen LogP contribution >= 0.6 is 22.9 Å². The number of rotatable bonds is 4. The zero-order chi connectivity index (χ0) is 10.9. The van der Waals surface area contributed by atoms with Crippen molar-refractivity contribution in [3.63, 3.8) is 0 Å². The highest BCUT2D eigenvalue weighted by molar-refractivity contribution is 7.17. The van der Waals surface area contributed by atoms with Crippen molar-refractivity contribution in [2.45, 2.75) is 12.8 Å². The molecule has 1 aromatic heterocycles. The Kier molecular flexibility index (Phi) is 3.00. The maximum Gasteiger partial charge on any atom is 0.261 e. The second kappa shape index (κ2) is 4.12. The Morgan fingerprint density at radius 2 is 2.33 bits per heavy atom. The molecule has 0 spiro atoms. The molecule has 1 heterocycles. The van der Waals surface area contributed by atoms with Crippen LogP contribution in [0.15, 0.2) is 12.1 Å². The fourth-order valence-corrected chi connectivity index (χ4v) is 2.32. The van der Waals surface area contributed by atoms with E-state index in [1.54, 1.807) is 12.1 Å². The van der Waals surface area contributed by atoms with Gasteiger partial charge in [0.1, 0.15) is 0 Å². The number of aliphatic hydroxyl groups excluding tert-OH is 1. The van der Waals surface area contributed by atoms with Crippen LogP contribution in [-0.4, -0.2) is 24.2 Å². The largest absolute Gasteiger partial charge is 0.396 e. The van der Waals surface area contributed by atoms with Gasteiger partial charge in [-0.3, -0.25) is 4.79 Å². The zero-order valence-corrected chi connectivity index (χ0v) is 9.70. The standard InChI is InChI=1S/C10H12ClNO2S/c11-8-2-1-7(15-8)9(14)12-5-10(6-13)3-4-10/h1-2,13H,3-6H2,(H,12,14). The minimum absolute atomic E-state index is 0.0449. The minimum atomic E-state index is -0.105. The molecule has 5 heteroatoms. The molecule has 0 atom stereocenters. The predicted octanol–water partition coefficient (Wildman–Crippen LogP) is 1.90. The molecule has 3 nitrogen and oxygen atoms in total. The number of amides is 1. The molecule has 1 fully saturated rings. The van der Waals surface area contributed by atoms with Crippen LogP contribution in [0.1, 0.15) is 22.5 Å². The van der Waals surface area contributed by atoms with Gasteiger partial charge in [0.15, 0.2) is 0 Å². The van der Waals surface area contributed by atoms with Crippen LogP contribution in [0.4, 0.5) is 0 Å². The molecule has 0 aliphatic heterocycles. The van der Waals surface area contributed by atoms with Crippen molar-refractivity contribution in [1.82, 2.24) is 5.32 Å². The van der Waals surface area contributed by atoms with Crippen molar-refractivity contribution in [1.29, 1.82) is 0 Å². The summed E-state index contributed by atoms with van der Waals surface area (Å²) < 4.78 is 0.614. The first-order valence-corrected chi connectivity index (χ1v) is 5.99. The molecule has 1 saturated carbocycles. The van der Waals surface area contributed by atoms with Crippen LogP contribution in [-0.2, 0) is 0 Å². The Morgan fingerprint density at radius 3 is 2.80 bits per heavy atom. The maximum absolute atomic E-state index is 11.6. The van der Waals surface area contributed by atoms with Crippen molar-refractivity contribution in [3.8, 4) is 0 Å². The van der Waals surface area contributed by atoms with Crippen LogP contribution in [0.3, 0.4) is 0 Å². The highest BCUT2D eigenvalue weighted by Crippen LogP contribution is 2.44. The molecule has 82 valence electrons. The number of halogens is 1. The third kappa shape index (κ3) is 2.51. The fraction of sp³-hybridized carbons (Fsp3) is 0.500. The van der Waals surface area contributed by atoms with Crippen LogP contribution < -0.4 is 5.32 Å². The number of thiophene rings is 1. The van der Waals surface area contributed by atoms with Crippen LogP contribution in [0, 0.1) is 5.41 Å². The molecule has 1 amide bonds. The molecule has 0 unspecified atom stereocenters. The molecular weight excluding hydrogens is 234 g/mol. The highest BCUT2D eigenvalue weighted by atomic mass is 35.5. The zero-order valence-electron chi connectivity index (χ0n) is 8.12. The average molecular weight is 246 g/mol. The van der Waals surface area contributed by atoms with Gasteiger partial charge in [0.05, 0.1) is 15.8 Å². The fourth-order valence-electron chi connectivity index (χ4n) is 1.36. The van der Waals surface area contributed by atoms with E-state index in [-0.39, 0.29) is 17.9 Å². The summed E-state index contributed by atoms with van der Waals surface area (Å²) in [5.41, 5.74) is -0.0449. The molecule has 0 saturated heterocycles. The Morgan fingerprint density at radius 1 is 1.60 bits per heavy atom. The van der Waals surface area contributed by atoms with E-state index in [0.29, 0.717) is 15.8 Å². The van der Waals surface area contributed by atoms with Crippen molar-refractivity contribution >= 4 is 28.8 Å². The number of aliphatic hydroxyl groups is 1. The second-order valence-corrected chi connectivity index (χ2v) is 5.66. The molecule has 0 aromatic carbocycles. The summed E-state index contributed by atoms with van der Waals surface area (Å²) in [4.78, 5) is 12.2. The summed E-state index contributed by atoms with van der Waals surface area (Å²) in [5.74, 6) is -0.105. The van der Waals surface area contributed by atoms with Gasteiger partial charge in [0.2, 0.25) is 0 Å². The molecule has 0 radical (unpaired) electrons. The predicted molar refractivity (Wildman–Crippen MR) is 60.4 cm³/mol. The summed E-state index contributed by atoms with van der Waals surface area (Å²) in [7, 11) is 0. The van der Waals surface area contributed by atoms with E-state index in [1.165, 1.54) is 11.3 Å². The first kappa shape index (κ1) is 10.9. The van der Waals surface area contributed by atoms with E-state index in [4.69, 9.17) is 16.7 Å². The summed E-state index contributed by atoms with van der Waals surface area (Å²) in [6.45, 7) is 0.705.